The van der Waals surface area contributed by atoms with Crippen molar-refractivity contribution in [3.05, 3.63) is 30.1 Å². The zero-order valence-corrected chi connectivity index (χ0v) is 13.0. The highest BCUT2D eigenvalue weighted by Gasteiger charge is 2.23. The molecule has 4 heteroatoms. The minimum atomic E-state index is -0.0960. The van der Waals surface area contributed by atoms with E-state index in [-0.39, 0.29) is 5.82 Å². The van der Waals surface area contributed by atoms with Crippen LogP contribution in [0.4, 0.5) is 10.1 Å². The third-order valence-electron chi connectivity index (χ3n) is 4.92. The average molecular weight is 291 g/mol. The fourth-order valence-corrected chi connectivity index (χ4v) is 3.49. The Balaban J connectivity index is 1.48. The van der Waals surface area contributed by atoms with Crippen LogP contribution in [0.3, 0.4) is 0 Å². The van der Waals surface area contributed by atoms with Crippen LogP contribution in [0.5, 0.6) is 0 Å². The fraction of sp³-hybridized carbons (Fsp3) is 0.647. The van der Waals surface area contributed by atoms with E-state index >= 15 is 0 Å². The molecule has 0 aliphatic carbocycles. The zero-order chi connectivity index (χ0) is 14.7. The Bertz CT molecular complexity index is 449. The molecule has 0 aromatic heterocycles. The maximum Gasteiger partial charge on any atom is 0.146 e. The third-order valence-corrected chi connectivity index (χ3v) is 4.92. The number of likely N-dealkylation sites (tertiary alicyclic amines) is 1. The number of hydrogen-bond acceptors (Lipinski definition) is 3. The van der Waals surface area contributed by atoms with E-state index in [2.05, 4.69) is 21.7 Å². The van der Waals surface area contributed by atoms with Crippen LogP contribution in [-0.2, 0) is 0 Å². The van der Waals surface area contributed by atoms with Crippen molar-refractivity contribution in [2.24, 2.45) is 5.92 Å². The summed E-state index contributed by atoms with van der Waals surface area (Å²) < 4.78 is 13.8. The molecule has 0 amide bonds. The van der Waals surface area contributed by atoms with E-state index in [0.29, 0.717) is 0 Å². The molecule has 2 heterocycles. The standard InChI is InChI=1S/C17H26FN3/c1-19-8-6-15(7-9-19)14-20-10-12-21(13-11-20)17-5-3-2-4-16(17)18/h2-5,15H,6-14H2,1H3. The number of halogens is 1. The Morgan fingerprint density at radius 3 is 2.33 bits per heavy atom. The average Bonchev–Trinajstić information content (AvgIpc) is 2.51. The monoisotopic (exact) mass is 291 g/mol. The molecule has 116 valence electrons. The van der Waals surface area contributed by atoms with Crippen LogP contribution >= 0.6 is 0 Å². The lowest BCUT2D eigenvalue weighted by molar-refractivity contribution is 0.155. The van der Waals surface area contributed by atoms with Gasteiger partial charge in [-0.15, -0.1) is 0 Å². The summed E-state index contributed by atoms with van der Waals surface area (Å²) in [7, 11) is 2.21. The van der Waals surface area contributed by atoms with Crippen molar-refractivity contribution in [3.63, 3.8) is 0 Å². The molecular formula is C17H26FN3. The van der Waals surface area contributed by atoms with Gasteiger partial charge in [0.1, 0.15) is 5.82 Å². The van der Waals surface area contributed by atoms with Gasteiger partial charge in [-0.2, -0.15) is 0 Å². The number of para-hydroxylation sites is 1. The smallest absolute Gasteiger partial charge is 0.146 e. The molecular weight excluding hydrogens is 265 g/mol. The Morgan fingerprint density at radius 2 is 1.67 bits per heavy atom. The van der Waals surface area contributed by atoms with E-state index in [1.807, 2.05) is 12.1 Å². The summed E-state index contributed by atoms with van der Waals surface area (Å²) >= 11 is 0. The van der Waals surface area contributed by atoms with E-state index in [1.54, 1.807) is 12.1 Å². The number of piperidine rings is 1. The van der Waals surface area contributed by atoms with Gasteiger partial charge in [0, 0.05) is 32.7 Å². The van der Waals surface area contributed by atoms with Crippen molar-refractivity contribution >= 4 is 5.69 Å². The van der Waals surface area contributed by atoms with Crippen molar-refractivity contribution in [2.75, 3.05) is 57.8 Å². The van der Waals surface area contributed by atoms with E-state index in [0.717, 1.165) is 37.8 Å². The summed E-state index contributed by atoms with van der Waals surface area (Å²) in [4.78, 5) is 7.17. The van der Waals surface area contributed by atoms with Crippen molar-refractivity contribution in [2.45, 2.75) is 12.8 Å². The highest BCUT2D eigenvalue weighted by molar-refractivity contribution is 5.47. The largest absolute Gasteiger partial charge is 0.367 e. The van der Waals surface area contributed by atoms with Gasteiger partial charge in [0.15, 0.2) is 0 Å². The van der Waals surface area contributed by atoms with Crippen LogP contribution in [0.15, 0.2) is 24.3 Å². The van der Waals surface area contributed by atoms with Gasteiger partial charge in [-0.25, -0.2) is 4.39 Å². The molecule has 0 unspecified atom stereocenters. The first-order chi connectivity index (χ1) is 10.2. The van der Waals surface area contributed by atoms with E-state index in [1.165, 1.54) is 32.5 Å². The molecule has 2 fully saturated rings. The molecule has 2 aliphatic rings. The van der Waals surface area contributed by atoms with Crippen LogP contribution in [0.1, 0.15) is 12.8 Å². The molecule has 3 rings (SSSR count). The van der Waals surface area contributed by atoms with Crippen molar-refractivity contribution < 1.29 is 4.39 Å². The summed E-state index contributed by atoms with van der Waals surface area (Å²) in [5, 5.41) is 0. The lowest BCUT2D eigenvalue weighted by Gasteiger charge is -2.39. The highest BCUT2D eigenvalue weighted by atomic mass is 19.1. The lowest BCUT2D eigenvalue weighted by atomic mass is 9.96. The van der Waals surface area contributed by atoms with Gasteiger partial charge in [0.2, 0.25) is 0 Å². The van der Waals surface area contributed by atoms with Crippen molar-refractivity contribution in [3.8, 4) is 0 Å². The van der Waals surface area contributed by atoms with Crippen LogP contribution < -0.4 is 4.90 Å². The van der Waals surface area contributed by atoms with E-state index in [9.17, 15) is 4.39 Å². The lowest BCUT2D eigenvalue weighted by Crippen LogP contribution is -2.49. The molecule has 1 aromatic carbocycles. The highest BCUT2D eigenvalue weighted by Crippen LogP contribution is 2.22. The quantitative estimate of drug-likeness (QED) is 0.846. The van der Waals surface area contributed by atoms with Crippen LogP contribution in [0.25, 0.3) is 0 Å². The fourth-order valence-electron chi connectivity index (χ4n) is 3.49. The van der Waals surface area contributed by atoms with E-state index < -0.39 is 0 Å². The molecule has 0 radical (unpaired) electrons. The second kappa shape index (κ2) is 6.75. The molecule has 2 saturated heterocycles. The molecule has 0 N–H and O–H groups in total. The zero-order valence-electron chi connectivity index (χ0n) is 13.0. The van der Waals surface area contributed by atoms with Gasteiger partial charge >= 0.3 is 0 Å². The van der Waals surface area contributed by atoms with Crippen LogP contribution in [-0.4, -0.2) is 62.7 Å². The second-order valence-corrected chi connectivity index (χ2v) is 6.49. The minimum Gasteiger partial charge on any atom is -0.367 e. The number of piperazine rings is 1. The number of anilines is 1. The molecule has 3 nitrogen and oxygen atoms in total. The van der Waals surface area contributed by atoms with Gasteiger partial charge in [0.05, 0.1) is 5.69 Å². The summed E-state index contributed by atoms with van der Waals surface area (Å²) in [6.45, 7) is 7.68. The molecule has 0 spiro atoms. The first-order valence-corrected chi connectivity index (χ1v) is 8.13. The van der Waals surface area contributed by atoms with Gasteiger partial charge in [-0.1, -0.05) is 12.1 Å². The van der Waals surface area contributed by atoms with Gasteiger partial charge in [0.25, 0.3) is 0 Å². The Kier molecular flexibility index (Phi) is 4.76. The molecule has 0 bridgehead atoms. The van der Waals surface area contributed by atoms with Gasteiger partial charge < -0.3 is 9.80 Å². The maximum atomic E-state index is 13.8. The minimum absolute atomic E-state index is 0.0960. The number of benzene rings is 1. The summed E-state index contributed by atoms with van der Waals surface area (Å²) in [5.41, 5.74) is 0.761. The molecule has 1 aromatic rings. The van der Waals surface area contributed by atoms with Crippen molar-refractivity contribution in [1.29, 1.82) is 0 Å². The number of rotatable bonds is 3. The number of hydrogen-bond donors (Lipinski definition) is 0. The van der Waals surface area contributed by atoms with Gasteiger partial charge in [-0.3, -0.25) is 4.90 Å². The first-order valence-electron chi connectivity index (χ1n) is 8.13. The summed E-state index contributed by atoms with van der Waals surface area (Å²) in [6.07, 6.45) is 2.65. The second-order valence-electron chi connectivity index (χ2n) is 6.49. The SMILES string of the molecule is CN1CCC(CN2CCN(c3ccccc3F)CC2)CC1. The van der Waals surface area contributed by atoms with Crippen molar-refractivity contribution in [1.82, 2.24) is 9.80 Å². The number of nitrogens with zero attached hydrogens (tertiary/aromatic N) is 3. The molecule has 2 aliphatic heterocycles. The van der Waals surface area contributed by atoms with Crippen LogP contribution in [0.2, 0.25) is 0 Å². The molecule has 21 heavy (non-hydrogen) atoms. The van der Waals surface area contributed by atoms with Gasteiger partial charge in [-0.05, 0) is 51.0 Å². The predicted molar refractivity (Wildman–Crippen MR) is 85.3 cm³/mol. The van der Waals surface area contributed by atoms with E-state index in [4.69, 9.17) is 0 Å². The summed E-state index contributed by atoms with van der Waals surface area (Å²) in [5.74, 6) is 0.752. The third kappa shape index (κ3) is 3.74. The summed E-state index contributed by atoms with van der Waals surface area (Å²) in [6, 6.07) is 7.13. The predicted octanol–water partition coefficient (Wildman–Crippen LogP) is 2.29. The Hall–Kier alpha value is -1.13. The topological polar surface area (TPSA) is 9.72 Å². The Morgan fingerprint density at radius 1 is 1.00 bits per heavy atom. The molecule has 0 saturated carbocycles. The first kappa shape index (κ1) is 14.8. The normalized spacial score (nSPS) is 22.7. The molecule has 0 atom stereocenters. The van der Waals surface area contributed by atoms with Crippen LogP contribution in [0, 0.1) is 11.7 Å². The Labute approximate surface area is 127 Å². The maximum absolute atomic E-state index is 13.8.